The highest BCUT2D eigenvalue weighted by Crippen LogP contribution is 2.22. The van der Waals surface area contributed by atoms with E-state index < -0.39 is 34.4 Å². The minimum Gasteiger partial charge on any atom is -0.363 e. The Labute approximate surface area is 110 Å². The third-order valence-corrected chi connectivity index (χ3v) is 3.69. The van der Waals surface area contributed by atoms with Crippen LogP contribution in [0.3, 0.4) is 0 Å². The van der Waals surface area contributed by atoms with Crippen LogP contribution in [0.1, 0.15) is 24.4 Å². The highest BCUT2D eigenvalue weighted by molar-refractivity contribution is 7.89. The number of nitrogens with zero attached hydrogens (tertiary/aromatic N) is 2. The van der Waals surface area contributed by atoms with Gasteiger partial charge in [0, 0.05) is 12.4 Å². The van der Waals surface area contributed by atoms with Gasteiger partial charge in [-0.05, 0) is 19.4 Å². The topological polar surface area (TPSA) is 95.2 Å². The van der Waals surface area contributed by atoms with E-state index in [2.05, 4.69) is 9.97 Å². The van der Waals surface area contributed by atoms with Crippen molar-refractivity contribution in [3.05, 3.63) is 23.8 Å². The molecule has 0 spiro atoms. The summed E-state index contributed by atoms with van der Waals surface area (Å²) >= 11 is 0. The van der Waals surface area contributed by atoms with E-state index in [1.54, 1.807) is 6.92 Å². The molecule has 0 radical (unpaired) electrons. The van der Waals surface area contributed by atoms with Crippen LogP contribution in [0.25, 0.3) is 0 Å². The summed E-state index contributed by atoms with van der Waals surface area (Å²) in [6.45, 7) is 2.08. The van der Waals surface area contributed by atoms with Gasteiger partial charge in [0.1, 0.15) is 18.0 Å². The number of primary sulfonamides is 1. The van der Waals surface area contributed by atoms with Crippen molar-refractivity contribution >= 4 is 10.0 Å². The molecule has 2 atom stereocenters. The van der Waals surface area contributed by atoms with Crippen LogP contribution in [-0.4, -0.2) is 36.7 Å². The molecule has 2 unspecified atom stereocenters. The van der Waals surface area contributed by atoms with Crippen molar-refractivity contribution < 1.29 is 21.9 Å². The zero-order valence-electron chi connectivity index (χ0n) is 10.5. The molecule has 0 fully saturated rings. The largest absolute Gasteiger partial charge is 0.363 e. The number of nitrogens with two attached hydrogens (primary N) is 1. The Balaban J connectivity index is 3.01. The molecule has 0 aromatic carbocycles. The number of sulfonamides is 1. The molecule has 0 bridgehead atoms. The number of ether oxygens (including phenoxy) is 1. The van der Waals surface area contributed by atoms with Gasteiger partial charge in [0.15, 0.2) is 5.82 Å². The fraction of sp³-hybridized carbons (Fsp3) is 0.600. The maximum atomic E-state index is 12.2. The van der Waals surface area contributed by atoms with E-state index in [1.165, 1.54) is 19.3 Å². The van der Waals surface area contributed by atoms with Crippen LogP contribution in [0.5, 0.6) is 0 Å². The summed E-state index contributed by atoms with van der Waals surface area (Å²) in [6, 6.07) is 0. The molecule has 2 N–H and O–H groups in total. The van der Waals surface area contributed by atoms with Gasteiger partial charge in [-0.15, -0.1) is 0 Å². The molecular weight excluding hydrogens is 280 g/mol. The molecule has 1 aromatic rings. The summed E-state index contributed by atoms with van der Waals surface area (Å²) in [7, 11) is -3.96. The number of hydrogen-bond acceptors (Lipinski definition) is 5. The molecular formula is C10H15F2N3O3S. The van der Waals surface area contributed by atoms with E-state index in [0.717, 1.165) is 5.56 Å². The Bertz CT molecular complexity index is 507. The molecule has 19 heavy (non-hydrogen) atoms. The summed E-state index contributed by atoms with van der Waals surface area (Å²) in [4.78, 5) is 7.78. The maximum absolute atomic E-state index is 12.2. The highest BCUT2D eigenvalue weighted by atomic mass is 32.2. The Hall–Kier alpha value is -1.19. The quantitative estimate of drug-likeness (QED) is 0.837. The fourth-order valence-corrected chi connectivity index (χ4v) is 1.86. The van der Waals surface area contributed by atoms with Crippen molar-refractivity contribution in [2.75, 3.05) is 6.61 Å². The zero-order valence-corrected chi connectivity index (χ0v) is 11.3. The van der Waals surface area contributed by atoms with Crippen LogP contribution >= 0.6 is 0 Å². The average Bonchev–Trinajstić information content (AvgIpc) is 2.29. The summed E-state index contributed by atoms with van der Waals surface area (Å²) in [5.41, 5.74) is 0.750. The van der Waals surface area contributed by atoms with Gasteiger partial charge >= 0.3 is 0 Å². The molecule has 0 aliphatic carbocycles. The van der Waals surface area contributed by atoms with Crippen LogP contribution in [0.2, 0.25) is 0 Å². The second-order valence-corrected chi connectivity index (χ2v) is 5.98. The van der Waals surface area contributed by atoms with Gasteiger partial charge in [0.2, 0.25) is 10.0 Å². The predicted octanol–water partition coefficient (Wildman–Crippen LogP) is 0.785. The third kappa shape index (κ3) is 4.77. The average molecular weight is 295 g/mol. The molecule has 0 aliphatic rings. The fourth-order valence-electron chi connectivity index (χ4n) is 1.32. The number of alkyl halides is 2. The monoisotopic (exact) mass is 295 g/mol. The van der Waals surface area contributed by atoms with Crippen molar-refractivity contribution in [3.8, 4) is 0 Å². The van der Waals surface area contributed by atoms with Crippen LogP contribution in [-0.2, 0) is 14.8 Å². The summed E-state index contributed by atoms with van der Waals surface area (Å²) in [6.07, 6.45) is -1.07. The Morgan fingerprint density at radius 3 is 2.32 bits per heavy atom. The molecule has 0 saturated heterocycles. The molecule has 0 saturated carbocycles. The van der Waals surface area contributed by atoms with E-state index in [1.807, 2.05) is 0 Å². The number of rotatable bonds is 6. The number of aromatic nitrogens is 2. The van der Waals surface area contributed by atoms with Gasteiger partial charge in [0.25, 0.3) is 6.43 Å². The van der Waals surface area contributed by atoms with Gasteiger partial charge in [-0.1, -0.05) is 0 Å². The van der Waals surface area contributed by atoms with E-state index >= 15 is 0 Å². The first kappa shape index (κ1) is 15.9. The smallest absolute Gasteiger partial charge is 0.261 e. The predicted molar refractivity (Wildman–Crippen MR) is 64.0 cm³/mol. The number of aryl methyl sites for hydroxylation is 1. The minimum atomic E-state index is -3.96. The van der Waals surface area contributed by atoms with Crippen LogP contribution < -0.4 is 5.14 Å². The molecule has 1 aromatic heterocycles. The van der Waals surface area contributed by atoms with Gasteiger partial charge in [-0.3, -0.25) is 0 Å². The summed E-state index contributed by atoms with van der Waals surface area (Å²) < 4.78 is 51.9. The van der Waals surface area contributed by atoms with Gasteiger partial charge in [-0.25, -0.2) is 32.3 Å². The Morgan fingerprint density at radius 2 is 1.89 bits per heavy atom. The second-order valence-electron chi connectivity index (χ2n) is 4.06. The summed E-state index contributed by atoms with van der Waals surface area (Å²) in [5.74, 6) is 0.00720. The van der Waals surface area contributed by atoms with Crippen LogP contribution in [0.4, 0.5) is 8.78 Å². The first-order valence-electron chi connectivity index (χ1n) is 5.41. The summed E-state index contributed by atoms with van der Waals surface area (Å²) in [5, 5.41) is 3.77. The lowest BCUT2D eigenvalue weighted by atomic mass is 10.2. The molecule has 0 amide bonds. The zero-order chi connectivity index (χ0) is 14.6. The van der Waals surface area contributed by atoms with Gasteiger partial charge in [-0.2, -0.15) is 0 Å². The van der Waals surface area contributed by atoms with E-state index in [4.69, 9.17) is 9.88 Å². The second kappa shape index (κ2) is 6.31. The molecule has 9 heteroatoms. The van der Waals surface area contributed by atoms with Crippen molar-refractivity contribution in [3.63, 3.8) is 0 Å². The van der Waals surface area contributed by atoms with Gasteiger partial charge in [0.05, 0.1) is 0 Å². The third-order valence-electron chi connectivity index (χ3n) is 2.40. The minimum absolute atomic E-state index is 0.00720. The molecule has 0 aliphatic heterocycles. The number of hydrogen-bond donors (Lipinski definition) is 1. The lowest BCUT2D eigenvalue weighted by Crippen LogP contribution is -2.34. The van der Waals surface area contributed by atoms with Crippen molar-refractivity contribution in [2.24, 2.45) is 5.14 Å². The lowest BCUT2D eigenvalue weighted by Gasteiger charge is -2.21. The van der Waals surface area contributed by atoms with E-state index in [9.17, 15) is 17.2 Å². The van der Waals surface area contributed by atoms with Gasteiger partial charge < -0.3 is 4.74 Å². The molecule has 1 rings (SSSR count). The van der Waals surface area contributed by atoms with E-state index in [-0.39, 0.29) is 5.82 Å². The Morgan fingerprint density at radius 1 is 1.37 bits per heavy atom. The Kier molecular flexibility index (Phi) is 5.27. The maximum Gasteiger partial charge on any atom is 0.261 e. The highest BCUT2D eigenvalue weighted by Gasteiger charge is 2.31. The van der Waals surface area contributed by atoms with Crippen LogP contribution in [0, 0.1) is 6.92 Å². The van der Waals surface area contributed by atoms with E-state index in [0.29, 0.717) is 0 Å². The lowest BCUT2D eigenvalue weighted by molar-refractivity contribution is -0.0283. The standard InChI is InChI=1S/C10H15F2N3O3S/c1-6-3-14-10(15-4-6)9(18-5-8(11)12)7(2)19(13,16)17/h3-4,7-9H,5H2,1-2H3,(H2,13,16,17). The number of halogens is 2. The SMILES string of the molecule is Cc1cnc(C(OCC(F)F)C(C)S(N)(=O)=O)nc1. The van der Waals surface area contributed by atoms with Crippen molar-refractivity contribution in [2.45, 2.75) is 31.6 Å². The van der Waals surface area contributed by atoms with Crippen molar-refractivity contribution in [1.82, 2.24) is 9.97 Å². The first-order valence-corrected chi connectivity index (χ1v) is 7.02. The molecule has 108 valence electrons. The first-order chi connectivity index (χ1) is 8.71. The normalized spacial score (nSPS) is 15.5. The van der Waals surface area contributed by atoms with Crippen LogP contribution in [0.15, 0.2) is 12.4 Å². The molecule has 1 heterocycles. The van der Waals surface area contributed by atoms with Crippen molar-refractivity contribution in [1.29, 1.82) is 0 Å². The molecule has 6 nitrogen and oxygen atoms in total.